The second-order valence-electron chi connectivity index (χ2n) is 6.01. The summed E-state index contributed by atoms with van der Waals surface area (Å²) in [5, 5.41) is 13.6. The van der Waals surface area contributed by atoms with Crippen molar-refractivity contribution in [3.8, 4) is 0 Å². The molecule has 1 N–H and O–H groups in total. The summed E-state index contributed by atoms with van der Waals surface area (Å²) in [4.78, 5) is 36.8. The van der Waals surface area contributed by atoms with Gasteiger partial charge in [-0.2, -0.15) is 0 Å². The molecule has 0 aromatic heterocycles. The van der Waals surface area contributed by atoms with Crippen molar-refractivity contribution < 1.29 is 14.5 Å². The van der Waals surface area contributed by atoms with Gasteiger partial charge in [0.05, 0.1) is 10.8 Å². The summed E-state index contributed by atoms with van der Waals surface area (Å²) < 4.78 is 0. The molecule has 0 radical (unpaired) electrons. The van der Waals surface area contributed by atoms with Gasteiger partial charge in [-0.05, 0) is 30.7 Å². The molecule has 1 saturated heterocycles. The summed E-state index contributed by atoms with van der Waals surface area (Å²) in [7, 11) is 0. The number of carbonyl (C=O) groups excluding carboxylic acids is 2. The van der Waals surface area contributed by atoms with Crippen molar-refractivity contribution in [3.63, 3.8) is 0 Å². The zero-order valence-electron chi connectivity index (χ0n) is 13.6. The molecule has 128 valence electrons. The van der Waals surface area contributed by atoms with Crippen LogP contribution in [0.15, 0.2) is 48.5 Å². The highest BCUT2D eigenvalue weighted by Crippen LogP contribution is 2.28. The highest BCUT2D eigenvalue weighted by molar-refractivity contribution is 6.04. The van der Waals surface area contributed by atoms with Crippen LogP contribution in [0.5, 0.6) is 0 Å². The van der Waals surface area contributed by atoms with Gasteiger partial charge in [-0.3, -0.25) is 19.7 Å². The minimum Gasteiger partial charge on any atom is -0.320 e. The Kier molecular flexibility index (Phi) is 4.47. The van der Waals surface area contributed by atoms with Gasteiger partial charge in [0, 0.05) is 24.7 Å². The number of hydrogen-bond donors (Lipinski definition) is 1. The van der Waals surface area contributed by atoms with E-state index in [-0.39, 0.29) is 30.2 Å². The molecule has 1 aliphatic rings. The molecule has 1 heterocycles. The normalized spacial score (nSPS) is 16.8. The second kappa shape index (κ2) is 6.72. The maximum absolute atomic E-state index is 12.5. The minimum absolute atomic E-state index is 0.0837. The average molecular weight is 339 g/mol. The first kappa shape index (κ1) is 16.6. The number of amides is 2. The lowest BCUT2D eigenvalue weighted by Crippen LogP contribution is -2.28. The van der Waals surface area contributed by atoms with E-state index in [2.05, 4.69) is 5.32 Å². The maximum atomic E-state index is 12.5. The summed E-state index contributed by atoms with van der Waals surface area (Å²) in [5.74, 6) is -1.07. The van der Waals surface area contributed by atoms with Gasteiger partial charge in [0.1, 0.15) is 5.69 Å². The molecule has 7 nitrogen and oxygen atoms in total. The van der Waals surface area contributed by atoms with Crippen LogP contribution in [0.4, 0.5) is 17.1 Å². The zero-order valence-corrected chi connectivity index (χ0v) is 13.6. The molecule has 1 atom stereocenters. The van der Waals surface area contributed by atoms with Crippen LogP contribution in [0.1, 0.15) is 12.0 Å². The third-order valence-electron chi connectivity index (χ3n) is 4.17. The summed E-state index contributed by atoms with van der Waals surface area (Å²) in [6.45, 7) is 2.19. The second-order valence-corrected chi connectivity index (χ2v) is 6.01. The number of benzene rings is 2. The van der Waals surface area contributed by atoms with E-state index >= 15 is 0 Å². The first-order valence-electron chi connectivity index (χ1n) is 7.87. The molecule has 2 aromatic carbocycles. The zero-order chi connectivity index (χ0) is 18.0. The van der Waals surface area contributed by atoms with Gasteiger partial charge in [0.25, 0.3) is 5.69 Å². The predicted octanol–water partition coefficient (Wildman–Crippen LogP) is 2.89. The molecule has 3 rings (SSSR count). The third-order valence-corrected chi connectivity index (χ3v) is 4.17. The summed E-state index contributed by atoms with van der Waals surface area (Å²) in [6, 6.07) is 13.5. The number of nitrogens with one attached hydrogen (secondary N) is 1. The molecule has 0 saturated carbocycles. The Labute approximate surface area is 144 Å². The first-order chi connectivity index (χ1) is 12.0. The molecule has 1 fully saturated rings. The Balaban J connectivity index is 1.74. The summed E-state index contributed by atoms with van der Waals surface area (Å²) in [6.07, 6.45) is 0.0837. The van der Waals surface area contributed by atoms with Crippen molar-refractivity contribution in [2.45, 2.75) is 13.3 Å². The van der Waals surface area contributed by atoms with E-state index < -0.39 is 16.7 Å². The van der Waals surface area contributed by atoms with E-state index in [1.165, 1.54) is 18.2 Å². The molecule has 25 heavy (non-hydrogen) atoms. The lowest BCUT2D eigenvalue weighted by atomic mass is 10.1. The van der Waals surface area contributed by atoms with Crippen LogP contribution in [-0.2, 0) is 9.59 Å². The average Bonchev–Trinajstić information content (AvgIpc) is 2.97. The number of nitro benzene ring substituents is 1. The van der Waals surface area contributed by atoms with Gasteiger partial charge in [-0.25, -0.2) is 0 Å². The Morgan fingerprint density at radius 3 is 2.72 bits per heavy atom. The first-order valence-corrected chi connectivity index (χ1v) is 7.87. The minimum atomic E-state index is -0.548. The molecule has 0 spiro atoms. The number of carbonyl (C=O) groups is 2. The molecule has 2 aromatic rings. The summed E-state index contributed by atoms with van der Waals surface area (Å²) >= 11 is 0. The van der Waals surface area contributed by atoms with Crippen molar-refractivity contribution >= 4 is 28.9 Å². The maximum Gasteiger partial charge on any atom is 0.292 e. The molecular weight excluding hydrogens is 322 g/mol. The number of rotatable bonds is 4. The van der Waals surface area contributed by atoms with E-state index in [0.717, 1.165) is 11.3 Å². The fourth-order valence-electron chi connectivity index (χ4n) is 2.90. The van der Waals surface area contributed by atoms with Crippen molar-refractivity contribution in [1.29, 1.82) is 0 Å². The fraction of sp³-hybridized carbons (Fsp3) is 0.222. The molecule has 7 heteroatoms. The largest absolute Gasteiger partial charge is 0.320 e. The number of nitro groups is 1. The molecule has 2 amide bonds. The number of nitrogens with zero attached hydrogens (tertiary/aromatic N) is 2. The fourth-order valence-corrected chi connectivity index (χ4v) is 2.90. The Morgan fingerprint density at radius 2 is 2.00 bits per heavy atom. The van der Waals surface area contributed by atoms with E-state index in [4.69, 9.17) is 0 Å². The van der Waals surface area contributed by atoms with Crippen LogP contribution in [0.3, 0.4) is 0 Å². The highest BCUT2D eigenvalue weighted by Gasteiger charge is 2.35. The summed E-state index contributed by atoms with van der Waals surface area (Å²) in [5.41, 5.74) is 1.75. The number of anilines is 2. The van der Waals surface area contributed by atoms with Crippen molar-refractivity contribution in [2.75, 3.05) is 16.8 Å². The smallest absolute Gasteiger partial charge is 0.292 e. The van der Waals surface area contributed by atoms with E-state index in [9.17, 15) is 19.7 Å². The van der Waals surface area contributed by atoms with Crippen molar-refractivity contribution in [2.24, 2.45) is 5.92 Å². The van der Waals surface area contributed by atoms with E-state index in [1.807, 2.05) is 31.2 Å². The molecule has 0 aliphatic carbocycles. The van der Waals surface area contributed by atoms with Crippen LogP contribution >= 0.6 is 0 Å². The molecule has 1 aliphatic heterocycles. The topological polar surface area (TPSA) is 92.6 Å². The van der Waals surface area contributed by atoms with Crippen LogP contribution in [-0.4, -0.2) is 23.3 Å². The predicted molar refractivity (Wildman–Crippen MR) is 93.4 cm³/mol. The lowest BCUT2D eigenvalue weighted by Gasteiger charge is -2.17. The van der Waals surface area contributed by atoms with Crippen LogP contribution in [0, 0.1) is 23.0 Å². The van der Waals surface area contributed by atoms with Crippen LogP contribution in [0.2, 0.25) is 0 Å². The van der Waals surface area contributed by atoms with Gasteiger partial charge in [-0.1, -0.05) is 24.3 Å². The quantitative estimate of drug-likeness (QED) is 0.685. The molecule has 0 bridgehead atoms. The SMILES string of the molecule is Cc1cccc(N2C[C@H](C(=O)Nc3ccccc3[N+](=O)[O-])CC2=O)c1. The van der Waals surface area contributed by atoms with E-state index in [1.54, 1.807) is 11.0 Å². The Morgan fingerprint density at radius 1 is 1.24 bits per heavy atom. The van der Waals surface area contributed by atoms with Gasteiger partial charge in [0.15, 0.2) is 0 Å². The van der Waals surface area contributed by atoms with Crippen LogP contribution in [0.25, 0.3) is 0 Å². The van der Waals surface area contributed by atoms with E-state index in [0.29, 0.717) is 0 Å². The number of hydrogen-bond acceptors (Lipinski definition) is 4. The lowest BCUT2D eigenvalue weighted by molar-refractivity contribution is -0.383. The number of aryl methyl sites for hydroxylation is 1. The number of para-hydroxylation sites is 2. The van der Waals surface area contributed by atoms with Crippen molar-refractivity contribution in [3.05, 3.63) is 64.2 Å². The Bertz CT molecular complexity index is 850. The standard InChI is InChI=1S/C18H17N3O4/c1-12-5-4-6-14(9-12)20-11-13(10-17(20)22)18(23)19-15-7-2-3-8-16(15)21(24)25/h2-9,13H,10-11H2,1H3,(H,19,23)/t13-/m1/s1. The van der Waals surface area contributed by atoms with Gasteiger partial charge in [0.2, 0.25) is 11.8 Å². The van der Waals surface area contributed by atoms with Gasteiger partial charge >= 0.3 is 0 Å². The van der Waals surface area contributed by atoms with Crippen molar-refractivity contribution in [1.82, 2.24) is 0 Å². The third kappa shape index (κ3) is 3.50. The highest BCUT2D eigenvalue weighted by atomic mass is 16.6. The molecular formula is C18H17N3O4. The van der Waals surface area contributed by atoms with Crippen LogP contribution < -0.4 is 10.2 Å². The van der Waals surface area contributed by atoms with Gasteiger partial charge in [-0.15, -0.1) is 0 Å². The Hall–Kier alpha value is -3.22. The monoisotopic (exact) mass is 339 g/mol. The van der Waals surface area contributed by atoms with Gasteiger partial charge < -0.3 is 10.2 Å². The molecule has 0 unspecified atom stereocenters.